The Morgan fingerprint density at radius 3 is 1.53 bits per heavy atom. The van der Waals surface area contributed by atoms with Gasteiger partial charge in [-0.3, -0.25) is 18.6 Å². The molecule has 0 atom stereocenters. The molecule has 0 radical (unpaired) electrons. The van der Waals surface area contributed by atoms with Crippen molar-refractivity contribution in [3.8, 4) is 0 Å². The molecule has 4 fully saturated rings. The summed E-state index contributed by atoms with van der Waals surface area (Å²) in [6.45, 7) is 9.96. The summed E-state index contributed by atoms with van der Waals surface area (Å²) in [6.07, 6.45) is 12.6. The maximum Gasteiger partial charge on any atom is 0.358 e. The van der Waals surface area contributed by atoms with Gasteiger partial charge in [0.05, 0.1) is 43.8 Å². The van der Waals surface area contributed by atoms with Crippen LogP contribution in [0.25, 0.3) is 0 Å². The van der Waals surface area contributed by atoms with E-state index < -0.39 is 16.1 Å². The fourth-order valence-corrected chi connectivity index (χ4v) is 6.38. The van der Waals surface area contributed by atoms with Gasteiger partial charge in [-0.05, 0) is 83.4 Å². The monoisotopic (exact) mass is 874 g/mol. The van der Waals surface area contributed by atoms with Crippen LogP contribution < -0.4 is 0 Å². The maximum absolute atomic E-state index is 11.4. The van der Waals surface area contributed by atoms with Crippen LogP contribution in [0.1, 0.15) is 124 Å². The molecule has 21 heteroatoms. The Labute approximate surface area is 353 Å². The average Bonchev–Trinajstić information content (AvgIpc) is 4.04. The lowest BCUT2D eigenvalue weighted by Gasteiger charge is -2.22. The van der Waals surface area contributed by atoms with Crippen molar-refractivity contribution in [2.45, 2.75) is 104 Å². The Kier molecular flexibility index (Phi) is 26.8. The van der Waals surface area contributed by atoms with E-state index in [1.165, 1.54) is 12.3 Å². The second kappa shape index (κ2) is 29.9. The normalized spacial score (nSPS) is 17.4. The Balaban J connectivity index is 0.000000381. The number of hydrogen-bond acceptors (Lipinski definition) is 16. The highest BCUT2D eigenvalue weighted by atomic mass is 32.2. The first-order chi connectivity index (χ1) is 27.9. The predicted octanol–water partition coefficient (Wildman–Crippen LogP) is 4.50. The molecule has 0 aromatic carbocycles. The molecule has 0 saturated carbocycles. The van der Waals surface area contributed by atoms with Gasteiger partial charge in [0, 0.05) is 71.4 Å². The summed E-state index contributed by atoms with van der Waals surface area (Å²) in [5.74, 6) is -1.69. The van der Waals surface area contributed by atoms with Crippen molar-refractivity contribution >= 4 is 28.0 Å². The molecule has 3 aromatic heterocycles. The third-order valence-electron chi connectivity index (χ3n) is 8.72. The summed E-state index contributed by atoms with van der Waals surface area (Å²) < 4.78 is 59.7. The first kappa shape index (κ1) is 53.8. The van der Waals surface area contributed by atoms with Crippen molar-refractivity contribution in [2.24, 2.45) is 0 Å². The van der Waals surface area contributed by atoms with Gasteiger partial charge in [0.2, 0.25) is 0 Å². The topological polar surface area (TPSA) is 255 Å². The van der Waals surface area contributed by atoms with Gasteiger partial charge in [0.25, 0.3) is 10.1 Å². The first-order valence-electron chi connectivity index (χ1n) is 19.4. The number of hydrogen-bond donors (Lipinski definition) is 3. The van der Waals surface area contributed by atoms with E-state index in [4.69, 9.17) is 38.1 Å². The number of ether oxygens (including phenoxy) is 6. The Morgan fingerprint density at radius 2 is 1.15 bits per heavy atom. The SMILES string of the molecule is C.C.CCOC(=O)c1ccn(C2CCOCC2)n1.CCOC(=O)c1ccn[nH]1.CS(=O)(=O)OC1CCOCC1.O=C(O)c1ccn(C2CCOCC2)n1.OC1CCOCC1. The van der Waals surface area contributed by atoms with Gasteiger partial charge in [-0.25, -0.2) is 14.4 Å². The lowest BCUT2D eigenvalue weighted by Crippen LogP contribution is -2.25. The van der Waals surface area contributed by atoms with Crippen molar-refractivity contribution in [2.75, 3.05) is 72.3 Å². The molecule has 0 unspecified atom stereocenters. The molecular formula is C39H66N6O14S. The lowest BCUT2D eigenvalue weighted by atomic mass is 10.1. The highest BCUT2D eigenvalue weighted by Crippen LogP contribution is 2.21. The van der Waals surface area contributed by atoms with Gasteiger partial charge in [0.15, 0.2) is 11.4 Å². The quantitative estimate of drug-likeness (QED) is 0.198. The second-order valence-electron chi connectivity index (χ2n) is 13.2. The van der Waals surface area contributed by atoms with Gasteiger partial charge < -0.3 is 38.6 Å². The predicted molar refractivity (Wildman–Crippen MR) is 219 cm³/mol. The second-order valence-corrected chi connectivity index (χ2v) is 14.8. The highest BCUT2D eigenvalue weighted by Gasteiger charge is 2.20. The minimum Gasteiger partial charge on any atom is -0.476 e. The molecule has 4 saturated heterocycles. The van der Waals surface area contributed by atoms with Gasteiger partial charge >= 0.3 is 17.9 Å². The number of H-pyrrole nitrogens is 1. The number of carboxylic acids is 1. The standard InChI is InChI=1S/C11H16N2O3.C9H12N2O3.C6H8N2O2.C6H12O4S.C5H10O2.2CH4/c1-2-16-11(14)10-3-6-13(12-10)9-4-7-15-8-5-9;12-9(13)8-1-4-11(10-8)7-2-5-14-6-3-7;1-2-10-6(9)5-3-4-7-8-5;1-11(7,8)10-6-2-4-9-5-3-6;6-5-1-3-7-4-2-5;;/h3,6,9H,2,4-5,7-8H2,1H3;1,4,7H,2-3,5-6H2,(H,12,13);3-4H,2H2,1H3,(H,7,8);6H,2-5H2,1H3;5-6H,1-4H2;2*1H4. The largest absolute Gasteiger partial charge is 0.476 e. The van der Waals surface area contributed by atoms with Crippen LogP contribution in [0.2, 0.25) is 0 Å². The Bertz CT molecular complexity index is 1690. The third kappa shape index (κ3) is 21.3. The summed E-state index contributed by atoms with van der Waals surface area (Å²) >= 11 is 0. The molecule has 4 aliphatic rings. The fourth-order valence-electron chi connectivity index (χ4n) is 5.69. The number of carbonyl (C=O) groups is 3. The smallest absolute Gasteiger partial charge is 0.358 e. The van der Waals surface area contributed by atoms with Gasteiger partial charge in [-0.2, -0.15) is 23.7 Å². The van der Waals surface area contributed by atoms with Crippen LogP contribution in [-0.2, 0) is 42.7 Å². The zero-order chi connectivity index (χ0) is 42.2. The first-order valence-corrected chi connectivity index (χ1v) is 21.3. The Hall–Kier alpha value is -4.25. The van der Waals surface area contributed by atoms with E-state index in [9.17, 15) is 22.8 Å². The van der Waals surface area contributed by atoms with Crippen LogP contribution >= 0.6 is 0 Å². The molecule has 0 spiro atoms. The summed E-state index contributed by atoms with van der Waals surface area (Å²) in [6, 6.07) is 5.43. The van der Waals surface area contributed by atoms with Crippen LogP contribution in [0.4, 0.5) is 0 Å². The number of carbonyl (C=O) groups excluding carboxylic acids is 2. The lowest BCUT2D eigenvalue weighted by molar-refractivity contribution is 0.0139. The number of esters is 2. The van der Waals surface area contributed by atoms with Crippen LogP contribution in [-0.4, -0.2) is 151 Å². The van der Waals surface area contributed by atoms with Gasteiger partial charge in [-0.1, -0.05) is 14.9 Å². The number of carboxylic acid groups (broad SMARTS) is 1. The molecule has 3 aromatic rings. The number of aliphatic hydroxyl groups excluding tert-OH is 1. The van der Waals surface area contributed by atoms with E-state index >= 15 is 0 Å². The molecule has 0 aliphatic carbocycles. The number of aromatic nitrogens is 6. The van der Waals surface area contributed by atoms with E-state index in [0.29, 0.717) is 56.7 Å². The zero-order valence-electron chi connectivity index (χ0n) is 33.4. The number of rotatable bonds is 9. The van der Waals surface area contributed by atoms with Crippen LogP contribution in [0.15, 0.2) is 36.8 Å². The van der Waals surface area contributed by atoms with Crippen LogP contribution in [0.3, 0.4) is 0 Å². The maximum atomic E-state index is 11.4. The van der Waals surface area contributed by atoms with E-state index in [1.807, 2.05) is 10.9 Å². The van der Waals surface area contributed by atoms with E-state index in [2.05, 4.69) is 25.1 Å². The summed E-state index contributed by atoms with van der Waals surface area (Å²) in [4.78, 5) is 32.8. The van der Waals surface area contributed by atoms with Crippen molar-refractivity contribution in [1.82, 2.24) is 29.8 Å². The molecule has 4 aliphatic heterocycles. The van der Waals surface area contributed by atoms with Crippen LogP contribution in [0.5, 0.6) is 0 Å². The van der Waals surface area contributed by atoms with E-state index in [-0.39, 0.29) is 50.7 Å². The number of nitrogens with zero attached hydrogens (tertiary/aromatic N) is 5. The molecular weight excluding hydrogens is 809 g/mol. The number of aromatic carboxylic acids is 1. The molecule has 0 amide bonds. The zero-order valence-corrected chi connectivity index (χ0v) is 34.3. The summed E-state index contributed by atoms with van der Waals surface area (Å²) in [5, 5.41) is 31.9. The van der Waals surface area contributed by atoms with Crippen molar-refractivity contribution in [3.05, 3.63) is 53.9 Å². The average molecular weight is 875 g/mol. The molecule has 20 nitrogen and oxygen atoms in total. The highest BCUT2D eigenvalue weighted by molar-refractivity contribution is 7.86. The molecule has 7 rings (SSSR count). The number of aliphatic hydroxyl groups is 1. The molecule has 0 bridgehead atoms. The van der Waals surface area contributed by atoms with E-state index in [1.54, 1.807) is 36.9 Å². The minimum absolute atomic E-state index is 0. The fraction of sp³-hybridized carbons (Fsp3) is 0.692. The third-order valence-corrected chi connectivity index (χ3v) is 9.34. The number of nitrogens with one attached hydrogen (secondary N) is 1. The van der Waals surface area contributed by atoms with Crippen molar-refractivity contribution in [3.63, 3.8) is 0 Å². The molecule has 60 heavy (non-hydrogen) atoms. The minimum atomic E-state index is -3.28. The molecule has 7 heterocycles. The Morgan fingerprint density at radius 1 is 0.717 bits per heavy atom. The molecule has 3 N–H and O–H groups in total. The van der Waals surface area contributed by atoms with Gasteiger partial charge in [-0.15, -0.1) is 0 Å². The summed E-state index contributed by atoms with van der Waals surface area (Å²) in [5.41, 5.74) is 0.881. The van der Waals surface area contributed by atoms with Crippen molar-refractivity contribution < 1.29 is 65.6 Å². The van der Waals surface area contributed by atoms with Gasteiger partial charge in [0.1, 0.15) is 5.69 Å². The van der Waals surface area contributed by atoms with E-state index in [0.717, 1.165) is 84.4 Å². The molecule has 342 valence electrons. The summed E-state index contributed by atoms with van der Waals surface area (Å²) in [7, 11) is -3.28. The van der Waals surface area contributed by atoms with Crippen molar-refractivity contribution in [1.29, 1.82) is 0 Å². The van der Waals surface area contributed by atoms with Crippen LogP contribution in [0, 0.1) is 0 Å². The number of aromatic amines is 1.